The summed E-state index contributed by atoms with van der Waals surface area (Å²) in [5.41, 5.74) is 6.69. The molecule has 124 valence electrons. The number of aliphatic imine (C=N–C) groups is 1. The highest BCUT2D eigenvalue weighted by Gasteiger charge is 2.15. The van der Waals surface area contributed by atoms with Gasteiger partial charge >= 0.3 is 0 Å². The Morgan fingerprint density at radius 1 is 1.23 bits per heavy atom. The molecule has 7 heteroatoms. The number of benzene rings is 1. The molecule has 0 aliphatic heterocycles. The molecular formula is C15H24IN3O3. The van der Waals surface area contributed by atoms with Gasteiger partial charge in [0.25, 0.3) is 0 Å². The molecule has 0 atom stereocenters. The lowest BCUT2D eigenvalue weighted by molar-refractivity contribution is 0.322. The van der Waals surface area contributed by atoms with Gasteiger partial charge in [-0.05, 0) is 12.5 Å². The van der Waals surface area contributed by atoms with Gasteiger partial charge in [0.1, 0.15) is 0 Å². The van der Waals surface area contributed by atoms with Crippen molar-refractivity contribution in [3.63, 3.8) is 0 Å². The molecule has 0 heterocycles. The minimum Gasteiger partial charge on any atom is -0.493 e. The molecule has 0 unspecified atom stereocenters. The van der Waals surface area contributed by atoms with Crippen molar-refractivity contribution in [2.45, 2.75) is 6.42 Å². The zero-order chi connectivity index (χ0) is 15.7. The van der Waals surface area contributed by atoms with Crippen molar-refractivity contribution in [3.05, 3.63) is 30.4 Å². The highest BCUT2D eigenvalue weighted by molar-refractivity contribution is 14.0. The summed E-state index contributed by atoms with van der Waals surface area (Å²) in [5, 5.41) is 2.92. The van der Waals surface area contributed by atoms with E-state index in [0.717, 1.165) is 5.56 Å². The minimum atomic E-state index is 0. The summed E-state index contributed by atoms with van der Waals surface area (Å²) < 4.78 is 16.0. The van der Waals surface area contributed by atoms with Crippen LogP contribution >= 0.6 is 24.0 Å². The van der Waals surface area contributed by atoms with Crippen LogP contribution in [0, 0.1) is 0 Å². The molecule has 0 radical (unpaired) electrons. The Morgan fingerprint density at radius 3 is 2.45 bits per heavy atom. The minimum absolute atomic E-state index is 0. The van der Waals surface area contributed by atoms with Crippen molar-refractivity contribution >= 4 is 29.9 Å². The third-order valence-electron chi connectivity index (χ3n) is 2.88. The maximum atomic E-state index is 5.71. The van der Waals surface area contributed by atoms with Crippen LogP contribution in [0.5, 0.6) is 17.2 Å². The van der Waals surface area contributed by atoms with E-state index < -0.39 is 0 Å². The normalized spacial score (nSPS) is 10.4. The van der Waals surface area contributed by atoms with E-state index in [2.05, 4.69) is 16.9 Å². The molecule has 0 spiro atoms. The van der Waals surface area contributed by atoms with E-state index in [1.54, 1.807) is 27.4 Å². The molecule has 6 nitrogen and oxygen atoms in total. The van der Waals surface area contributed by atoms with Gasteiger partial charge in [0.15, 0.2) is 17.5 Å². The van der Waals surface area contributed by atoms with Crippen LogP contribution in [0.1, 0.15) is 5.56 Å². The molecule has 3 N–H and O–H groups in total. The topological polar surface area (TPSA) is 78.1 Å². The average molecular weight is 421 g/mol. The van der Waals surface area contributed by atoms with Crippen LogP contribution in [0.15, 0.2) is 29.8 Å². The number of hydrogen-bond acceptors (Lipinski definition) is 4. The number of ether oxygens (including phenoxy) is 3. The summed E-state index contributed by atoms with van der Waals surface area (Å²) in [6.07, 6.45) is 2.40. The highest BCUT2D eigenvalue weighted by atomic mass is 127. The molecule has 22 heavy (non-hydrogen) atoms. The zero-order valence-electron chi connectivity index (χ0n) is 13.2. The number of nitrogens with zero attached hydrogens (tertiary/aromatic N) is 1. The fraction of sp³-hybridized carbons (Fsp3) is 0.400. The van der Waals surface area contributed by atoms with Gasteiger partial charge < -0.3 is 25.3 Å². The van der Waals surface area contributed by atoms with Gasteiger partial charge in [-0.1, -0.05) is 12.1 Å². The Hall–Kier alpha value is -1.64. The first-order valence-electron chi connectivity index (χ1n) is 6.60. The van der Waals surface area contributed by atoms with Crippen LogP contribution in [-0.2, 0) is 6.42 Å². The van der Waals surface area contributed by atoms with Crippen molar-refractivity contribution in [2.24, 2.45) is 10.7 Å². The van der Waals surface area contributed by atoms with Crippen LogP contribution < -0.4 is 25.3 Å². The molecule has 0 fully saturated rings. The first-order valence-corrected chi connectivity index (χ1v) is 6.60. The molecule has 0 aliphatic carbocycles. The number of hydrogen-bond donors (Lipinski definition) is 2. The zero-order valence-corrected chi connectivity index (χ0v) is 15.5. The van der Waals surface area contributed by atoms with E-state index >= 15 is 0 Å². The predicted molar refractivity (Wildman–Crippen MR) is 99.9 cm³/mol. The van der Waals surface area contributed by atoms with Crippen molar-refractivity contribution in [3.8, 4) is 17.2 Å². The first-order chi connectivity index (χ1) is 10.2. The number of methoxy groups -OCH3 is 3. The largest absolute Gasteiger partial charge is 0.493 e. The third kappa shape index (κ3) is 5.63. The van der Waals surface area contributed by atoms with Gasteiger partial charge in [0, 0.05) is 18.7 Å². The maximum Gasteiger partial charge on any atom is 0.203 e. The third-order valence-corrected chi connectivity index (χ3v) is 2.88. The Morgan fingerprint density at radius 2 is 1.91 bits per heavy atom. The van der Waals surface area contributed by atoms with Gasteiger partial charge in [-0.3, -0.25) is 4.99 Å². The Labute approximate surface area is 148 Å². The van der Waals surface area contributed by atoms with Gasteiger partial charge in [0.2, 0.25) is 5.75 Å². The van der Waals surface area contributed by atoms with E-state index in [-0.39, 0.29) is 24.0 Å². The molecule has 1 aromatic rings. The SMILES string of the molecule is C=CCNC(N)=NCCc1ccc(OC)c(OC)c1OC.I. The first kappa shape index (κ1) is 20.4. The molecule has 0 bridgehead atoms. The van der Waals surface area contributed by atoms with Gasteiger partial charge in [0.05, 0.1) is 21.3 Å². The van der Waals surface area contributed by atoms with Gasteiger partial charge in [-0.15, -0.1) is 30.6 Å². The van der Waals surface area contributed by atoms with Crippen LogP contribution in [0.3, 0.4) is 0 Å². The fourth-order valence-corrected chi connectivity index (χ4v) is 1.89. The molecule has 0 amide bonds. The molecule has 1 aromatic carbocycles. The summed E-state index contributed by atoms with van der Waals surface area (Å²) >= 11 is 0. The second kappa shape index (κ2) is 11.0. The van der Waals surface area contributed by atoms with E-state index in [1.165, 1.54) is 0 Å². The van der Waals surface area contributed by atoms with Crippen LogP contribution in [0.4, 0.5) is 0 Å². The van der Waals surface area contributed by atoms with E-state index in [4.69, 9.17) is 19.9 Å². The van der Waals surface area contributed by atoms with Crippen molar-refractivity contribution in [1.29, 1.82) is 0 Å². The van der Waals surface area contributed by atoms with E-state index in [0.29, 0.717) is 42.7 Å². The molecule has 0 aromatic heterocycles. The quantitative estimate of drug-likeness (QED) is 0.291. The molecule has 0 aliphatic rings. The average Bonchev–Trinajstić information content (AvgIpc) is 2.51. The second-order valence-electron chi connectivity index (χ2n) is 4.18. The monoisotopic (exact) mass is 421 g/mol. The predicted octanol–water partition coefficient (Wildman–Crippen LogP) is 1.96. The van der Waals surface area contributed by atoms with Crippen molar-refractivity contribution in [1.82, 2.24) is 5.32 Å². The number of nitrogens with one attached hydrogen (secondary N) is 1. The smallest absolute Gasteiger partial charge is 0.203 e. The Kier molecular flexibility index (Phi) is 10.2. The fourth-order valence-electron chi connectivity index (χ4n) is 1.89. The Bertz CT molecular complexity index is 507. The Balaban J connectivity index is 0.00000441. The summed E-state index contributed by atoms with van der Waals surface area (Å²) in [7, 11) is 4.77. The van der Waals surface area contributed by atoms with Crippen LogP contribution in [0.2, 0.25) is 0 Å². The number of rotatable bonds is 8. The van der Waals surface area contributed by atoms with Crippen LogP contribution in [-0.4, -0.2) is 40.4 Å². The summed E-state index contributed by atoms with van der Waals surface area (Å²) in [6, 6.07) is 3.78. The summed E-state index contributed by atoms with van der Waals surface area (Å²) in [5.74, 6) is 2.27. The van der Waals surface area contributed by atoms with Gasteiger partial charge in [-0.25, -0.2) is 0 Å². The van der Waals surface area contributed by atoms with Crippen molar-refractivity contribution in [2.75, 3.05) is 34.4 Å². The van der Waals surface area contributed by atoms with Crippen molar-refractivity contribution < 1.29 is 14.2 Å². The number of halogens is 1. The number of guanidine groups is 1. The maximum absolute atomic E-state index is 5.71. The lowest BCUT2D eigenvalue weighted by atomic mass is 10.1. The molecule has 1 rings (SSSR count). The van der Waals surface area contributed by atoms with E-state index in [9.17, 15) is 0 Å². The summed E-state index contributed by atoms with van der Waals surface area (Å²) in [4.78, 5) is 4.24. The molecule has 0 saturated heterocycles. The number of nitrogens with two attached hydrogens (primary N) is 1. The standard InChI is InChI=1S/C15H23N3O3.HI/c1-5-9-17-15(16)18-10-8-11-6-7-12(19-2)14(21-4)13(11)20-3;/h5-7H,1,8-10H2,2-4H3,(H3,16,17,18);1H. The lowest BCUT2D eigenvalue weighted by Crippen LogP contribution is -2.31. The lowest BCUT2D eigenvalue weighted by Gasteiger charge is -2.15. The van der Waals surface area contributed by atoms with Gasteiger partial charge in [-0.2, -0.15) is 0 Å². The summed E-state index contributed by atoms with van der Waals surface area (Å²) in [6.45, 7) is 4.74. The molecular weight excluding hydrogens is 397 g/mol. The second-order valence-corrected chi connectivity index (χ2v) is 4.18. The highest BCUT2D eigenvalue weighted by Crippen LogP contribution is 2.39. The molecule has 0 saturated carbocycles. The van der Waals surface area contributed by atoms with Crippen LogP contribution in [0.25, 0.3) is 0 Å². The van der Waals surface area contributed by atoms with E-state index in [1.807, 2.05) is 12.1 Å².